The molecule has 0 aliphatic rings. The van der Waals surface area contributed by atoms with Gasteiger partial charge in [0, 0.05) is 16.5 Å². The quantitative estimate of drug-likeness (QED) is 0.775. The molecule has 2 rings (SSSR count). The molecule has 0 aliphatic heterocycles. The molecule has 0 radical (unpaired) electrons. The van der Waals surface area contributed by atoms with E-state index < -0.39 is 0 Å². The maximum absolute atomic E-state index is 6.05. The van der Waals surface area contributed by atoms with Gasteiger partial charge in [-0.1, -0.05) is 40.5 Å². The van der Waals surface area contributed by atoms with E-state index in [4.69, 9.17) is 16.3 Å². The molecule has 0 aliphatic carbocycles. The largest absolute Gasteiger partial charge is 0.439 e. The van der Waals surface area contributed by atoms with E-state index in [1.165, 1.54) is 0 Å². The summed E-state index contributed by atoms with van der Waals surface area (Å²) in [5, 5.41) is 0.437. The van der Waals surface area contributed by atoms with Gasteiger partial charge in [0.25, 0.3) is 0 Å². The molecule has 0 bridgehead atoms. The first kappa shape index (κ1) is 13.3. The molecule has 0 atom stereocenters. The Morgan fingerprint density at radius 3 is 2.78 bits per heavy atom. The number of hydrogen-bond acceptors (Lipinski definition) is 3. The molecule has 0 fully saturated rings. The third-order valence-corrected chi connectivity index (χ3v) is 3.28. The van der Waals surface area contributed by atoms with Crippen molar-refractivity contribution in [1.82, 2.24) is 9.97 Å². The molecule has 1 aromatic heterocycles. The van der Waals surface area contributed by atoms with Crippen molar-refractivity contribution in [3.63, 3.8) is 0 Å². The second kappa shape index (κ2) is 5.67. The van der Waals surface area contributed by atoms with Crippen molar-refractivity contribution in [2.75, 3.05) is 0 Å². The highest BCUT2D eigenvalue weighted by Gasteiger charge is 2.10. The zero-order chi connectivity index (χ0) is 13.1. The first-order valence-electron chi connectivity index (χ1n) is 5.56. The minimum atomic E-state index is 0.437. The molecule has 94 valence electrons. The minimum absolute atomic E-state index is 0.437. The van der Waals surface area contributed by atoms with E-state index in [-0.39, 0.29) is 0 Å². The Labute approximate surface area is 119 Å². The first-order chi connectivity index (χ1) is 8.60. The van der Waals surface area contributed by atoms with E-state index in [1.54, 1.807) is 0 Å². The van der Waals surface area contributed by atoms with Crippen LogP contribution in [0.2, 0.25) is 5.15 Å². The van der Waals surface area contributed by atoms with Crippen molar-refractivity contribution in [1.29, 1.82) is 0 Å². The van der Waals surface area contributed by atoms with Crippen LogP contribution in [0.15, 0.2) is 28.7 Å². The van der Waals surface area contributed by atoms with Crippen LogP contribution in [-0.2, 0) is 6.42 Å². The summed E-state index contributed by atoms with van der Waals surface area (Å²) < 4.78 is 6.70. The fraction of sp³-hybridized carbons (Fsp3) is 0.231. The van der Waals surface area contributed by atoms with Crippen molar-refractivity contribution in [3.05, 3.63) is 45.3 Å². The van der Waals surface area contributed by atoms with Gasteiger partial charge in [0.2, 0.25) is 5.88 Å². The Morgan fingerprint density at radius 1 is 1.33 bits per heavy atom. The topological polar surface area (TPSA) is 35.0 Å². The van der Waals surface area contributed by atoms with E-state index in [2.05, 4.69) is 25.9 Å². The predicted octanol–water partition coefficient (Wildman–Crippen LogP) is 4.56. The van der Waals surface area contributed by atoms with Gasteiger partial charge in [0.05, 0.1) is 0 Å². The smallest absolute Gasteiger partial charge is 0.226 e. The van der Waals surface area contributed by atoms with Gasteiger partial charge < -0.3 is 4.74 Å². The lowest BCUT2D eigenvalue weighted by Crippen LogP contribution is -2.00. The molecule has 0 saturated carbocycles. The number of aryl methyl sites for hydroxylation is 1. The minimum Gasteiger partial charge on any atom is -0.439 e. The molecule has 0 N–H and O–H groups in total. The summed E-state index contributed by atoms with van der Waals surface area (Å²) in [4.78, 5) is 8.52. The number of hydrogen-bond donors (Lipinski definition) is 0. The predicted molar refractivity (Wildman–Crippen MR) is 75.4 cm³/mol. The fourth-order valence-corrected chi connectivity index (χ4v) is 1.97. The molecular weight excluding hydrogens is 316 g/mol. The molecule has 0 amide bonds. The van der Waals surface area contributed by atoms with Crippen LogP contribution in [-0.4, -0.2) is 9.97 Å². The van der Waals surface area contributed by atoms with E-state index in [0.717, 1.165) is 16.5 Å². The monoisotopic (exact) mass is 326 g/mol. The molecule has 0 unspecified atom stereocenters. The Kier molecular flexibility index (Phi) is 4.19. The maximum atomic E-state index is 6.05. The van der Waals surface area contributed by atoms with Crippen molar-refractivity contribution in [2.45, 2.75) is 20.3 Å². The molecule has 0 saturated heterocycles. The summed E-state index contributed by atoms with van der Waals surface area (Å²) in [6.45, 7) is 3.82. The number of benzene rings is 1. The summed E-state index contributed by atoms with van der Waals surface area (Å²) in [5.41, 5.74) is 0.744. The van der Waals surface area contributed by atoms with Crippen LogP contribution < -0.4 is 4.74 Å². The Bertz CT molecular complexity index is 575. The summed E-state index contributed by atoms with van der Waals surface area (Å²) in [6.07, 6.45) is 0.717. The van der Waals surface area contributed by atoms with Gasteiger partial charge in [0.1, 0.15) is 16.7 Å². The Hall–Kier alpha value is -1.13. The zero-order valence-electron chi connectivity index (χ0n) is 10.1. The van der Waals surface area contributed by atoms with Crippen LogP contribution in [0.4, 0.5) is 0 Å². The number of halogens is 2. The van der Waals surface area contributed by atoms with Crippen LogP contribution in [0.5, 0.6) is 11.6 Å². The third-order valence-electron chi connectivity index (χ3n) is 2.41. The van der Waals surface area contributed by atoms with Crippen LogP contribution >= 0.6 is 27.5 Å². The van der Waals surface area contributed by atoms with Crippen molar-refractivity contribution < 1.29 is 4.74 Å². The summed E-state index contributed by atoms with van der Waals surface area (Å²) >= 11 is 9.45. The molecule has 0 spiro atoms. The highest BCUT2D eigenvalue weighted by atomic mass is 79.9. The van der Waals surface area contributed by atoms with Crippen molar-refractivity contribution >= 4 is 27.5 Å². The average Bonchev–Trinajstić information content (AvgIpc) is 2.34. The van der Waals surface area contributed by atoms with Crippen LogP contribution in [0.3, 0.4) is 0 Å². The maximum Gasteiger partial charge on any atom is 0.226 e. The van der Waals surface area contributed by atoms with Gasteiger partial charge in [-0.15, -0.1) is 0 Å². The van der Waals surface area contributed by atoms with E-state index >= 15 is 0 Å². The standard InChI is InChI=1S/C13H12BrClN2O/c1-3-11-16-12(15)8(2)13(17-11)18-10-6-4-5-9(14)7-10/h4-7H,3H2,1-2H3. The third kappa shape index (κ3) is 3.00. The molecule has 1 heterocycles. The first-order valence-corrected chi connectivity index (χ1v) is 6.73. The molecular formula is C13H12BrClN2O. The average molecular weight is 328 g/mol. The number of nitrogens with zero attached hydrogens (tertiary/aromatic N) is 2. The van der Waals surface area contributed by atoms with Gasteiger partial charge in [0.15, 0.2) is 0 Å². The van der Waals surface area contributed by atoms with Crippen LogP contribution in [0, 0.1) is 6.92 Å². The summed E-state index contributed by atoms with van der Waals surface area (Å²) in [5.74, 6) is 1.89. The molecule has 1 aromatic carbocycles. The number of aromatic nitrogens is 2. The summed E-state index contributed by atoms with van der Waals surface area (Å²) in [7, 11) is 0. The van der Waals surface area contributed by atoms with Crippen LogP contribution in [0.1, 0.15) is 18.3 Å². The number of ether oxygens (including phenoxy) is 1. The highest BCUT2D eigenvalue weighted by Crippen LogP contribution is 2.28. The molecule has 18 heavy (non-hydrogen) atoms. The lowest BCUT2D eigenvalue weighted by atomic mass is 10.3. The normalized spacial score (nSPS) is 10.4. The second-order valence-electron chi connectivity index (χ2n) is 3.77. The van der Waals surface area contributed by atoms with E-state index in [9.17, 15) is 0 Å². The van der Waals surface area contributed by atoms with Gasteiger partial charge in [-0.25, -0.2) is 4.98 Å². The second-order valence-corrected chi connectivity index (χ2v) is 5.05. The number of rotatable bonds is 3. The highest BCUT2D eigenvalue weighted by molar-refractivity contribution is 9.10. The van der Waals surface area contributed by atoms with E-state index in [0.29, 0.717) is 22.6 Å². The lowest BCUT2D eigenvalue weighted by molar-refractivity contribution is 0.454. The van der Waals surface area contributed by atoms with Gasteiger partial charge in [-0.3, -0.25) is 0 Å². The van der Waals surface area contributed by atoms with Gasteiger partial charge in [-0.05, 0) is 25.1 Å². The molecule has 3 nitrogen and oxygen atoms in total. The summed E-state index contributed by atoms with van der Waals surface area (Å²) in [6, 6.07) is 7.58. The van der Waals surface area contributed by atoms with Gasteiger partial charge in [-0.2, -0.15) is 4.98 Å². The van der Waals surface area contributed by atoms with Gasteiger partial charge >= 0.3 is 0 Å². The Balaban J connectivity index is 2.36. The SMILES string of the molecule is CCc1nc(Cl)c(C)c(Oc2cccc(Br)c2)n1. The Morgan fingerprint density at radius 2 is 2.11 bits per heavy atom. The van der Waals surface area contributed by atoms with Crippen molar-refractivity contribution in [2.24, 2.45) is 0 Å². The fourth-order valence-electron chi connectivity index (χ4n) is 1.41. The van der Waals surface area contributed by atoms with Crippen molar-refractivity contribution in [3.8, 4) is 11.6 Å². The van der Waals surface area contributed by atoms with Crippen LogP contribution in [0.25, 0.3) is 0 Å². The zero-order valence-corrected chi connectivity index (χ0v) is 12.4. The molecule has 5 heteroatoms. The van der Waals surface area contributed by atoms with E-state index in [1.807, 2.05) is 38.1 Å². The lowest BCUT2D eigenvalue weighted by Gasteiger charge is -2.10. The molecule has 2 aromatic rings.